The van der Waals surface area contributed by atoms with Gasteiger partial charge in [0.1, 0.15) is 16.4 Å². The number of hydrogen-bond acceptors (Lipinski definition) is 7. The highest BCUT2D eigenvalue weighted by molar-refractivity contribution is 7.17. The highest BCUT2D eigenvalue weighted by Crippen LogP contribution is 2.42. The Bertz CT molecular complexity index is 1220. The molecule has 8 nitrogen and oxygen atoms in total. The highest BCUT2D eigenvalue weighted by Gasteiger charge is 2.27. The smallest absolute Gasteiger partial charge is 0.272 e. The molecule has 3 aromatic heterocycles. The predicted octanol–water partition coefficient (Wildman–Crippen LogP) is 3.92. The number of aromatic amines is 1. The van der Waals surface area contributed by atoms with Crippen LogP contribution in [0.25, 0.3) is 22.4 Å². The fraction of sp³-hybridized carbons (Fsp3) is 0.250. The zero-order valence-corrected chi connectivity index (χ0v) is 16.7. The molecule has 1 aliphatic rings. The average Bonchev–Trinajstić information content (AvgIpc) is 3.43. The zero-order chi connectivity index (χ0) is 20.0. The molecule has 4 heterocycles. The van der Waals surface area contributed by atoms with Crippen LogP contribution in [0.2, 0.25) is 0 Å². The maximum atomic E-state index is 13.0. The third-order valence-electron chi connectivity index (χ3n) is 4.86. The number of benzene rings is 1. The number of anilines is 1. The molecular formula is C20H18N4O4S. The Labute approximate surface area is 169 Å². The Morgan fingerprint density at radius 1 is 1.34 bits per heavy atom. The molecule has 29 heavy (non-hydrogen) atoms. The van der Waals surface area contributed by atoms with Crippen molar-refractivity contribution in [1.82, 2.24) is 15.1 Å². The zero-order valence-electron chi connectivity index (χ0n) is 15.9. The van der Waals surface area contributed by atoms with Gasteiger partial charge in [-0.3, -0.25) is 4.79 Å². The van der Waals surface area contributed by atoms with Gasteiger partial charge in [-0.2, -0.15) is 4.98 Å². The van der Waals surface area contributed by atoms with Crippen LogP contribution in [0.5, 0.6) is 5.75 Å². The number of methoxy groups -OCH3 is 1. The second-order valence-corrected chi connectivity index (χ2v) is 7.85. The summed E-state index contributed by atoms with van der Waals surface area (Å²) >= 11 is 1.48. The number of aromatic nitrogens is 3. The SMILES string of the molecule is COc1ccc2cc(C(=O)Nc3sc4c(c3-c3nc(C)no3)CCOC4)[nH]c2c1. The van der Waals surface area contributed by atoms with Crippen LogP contribution >= 0.6 is 11.3 Å². The fourth-order valence-corrected chi connectivity index (χ4v) is 4.64. The van der Waals surface area contributed by atoms with Gasteiger partial charge >= 0.3 is 0 Å². The minimum absolute atomic E-state index is 0.239. The van der Waals surface area contributed by atoms with Crippen molar-refractivity contribution in [2.75, 3.05) is 19.0 Å². The summed E-state index contributed by atoms with van der Waals surface area (Å²) in [4.78, 5) is 21.6. The number of thiophene rings is 1. The summed E-state index contributed by atoms with van der Waals surface area (Å²) in [5.74, 6) is 1.45. The lowest BCUT2D eigenvalue weighted by Gasteiger charge is -2.12. The van der Waals surface area contributed by atoms with Crippen molar-refractivity contribution >= 4 is 33.1 Å². The number of fused-ring (bicyclic) bond motifs is 2. The summed E-state index contributed by atoms with van der Waals surface area (Å²) in [6.07, 6.45) is 0.741. The molecule has 0 atom stereocenters. The van der Waals surface area contributed by atoms with Crippen LogP contribution < -0.4 is 10.1 Å². The number of nitrogens with one attached hydrogen (secondary N) is 2. The van der Waals surface area contributed by atoms with E-state index in [-0.39, 0.29) is 5.91 Å². The van der Waals surface area contributed by atoms with Gasteiger partial charge in [-0.15, -0.1) is 11.3 Å². The molecule has 0 spiro atoms. The molecule has 1 aliphatic heterocycles. The molecule has 1 amide bonds. The molecule has 0 fully saturated rings. The van der Waals surface area contributed by atoms with Gasteiger partial charge in [-0.1, -0.05) is 5.16 Å². The lowest BCUT2D eigenvalue weighted by atomic mass is 10.1. The summed E-state index contributed by atoms with van der Waals surface area (Å²) in [7, 11) is 1.61. The molecule has 5 rings (SSSR count). The minimum Gasteiger partial charge on any atom is -0.497 e. The molecule has 4 aromatic rings. The average molecular weight is 410 g/mol. The molecule has 0 saturated carbocycles. The number of aryl methyl sites for hydroxylation is 1. The van der Waals surface area contributed by atoms with Gasteiger partial charge in [-0.05, 0) is 37.1 Å². The minimum atomic E-state index is -0.239. The number of nitrogens with zero attached hydrogens (tertiary/aromatic N) is 2. The number of carbonyl (C=O) groups is 1. The standard InChI is InChI=1S/C20H18N4O4S/c1-10-21-19(28-24-10)17-13-5-6-27-9-16(13)29-20(17)23-18(25)15-7-11-3-4-12(26-2)8-14(11)22-15/h3-4,7-8,22H,5-6,9H2,1-2H3,(H,23,25). The first-order chi connectivity index (χ1) is 14.1. The lowest BCUT2D eigenvalue weighted by Crippen LogP contribution is -2.12. The van der Waals surface area contributed by atoms with Crippen LogP contribution in [0.3, 0.4) is 0 Å². The second kappa shape index (κ2) is 7.02. The van der Waals surface area contributed by atoms with E-state index in [1.165, 1.54) is 11.3 Å². The van der Waals surface area contributed by atoms with E-state index in [0.29, 0.717) is 35.6 Å². The number of carbonyl (C=O) groups excluding carboxylic acids is 1. The summed E-state index contributed by atoms with van der Waals surface area (Å²) in [6.45, 7) is 2.91. The van der Waals surface area contributed by atoms with Crippen molar-refractivity contribution < 1.29 is 18.8 Å². The number of H-pyrrole nitrogens is 1. The molecule has 0 unspecified atom stereocenters. The second-order valence-electron chi connectivity index (χ2n) is 6.75. The predicted molar refractivity (Wildman–Crippen MR) is 109 cm³/mol. The number of amides is 1. The molecule has 0 radical (unpaired) electrons. The molecule has 2 N–H and O–H groups in total. The van der Waals surface area contributed by atoms with Gasteiger partial charge in [0, 0.05) is 21.8 Å². The summed E-state index contributed by atoms with van der Waals surface area (Å²) in [5, 5.41) is 8.54. The van der Waals surface area contributed by atoms with Crippen LogP contribution in [0, 0.1) is 6.92 Å². The van der Waals surface area contributed by atoms with Crippen LogP contribution in [0.15, 0.2) is 28.8 Å². The van der Waals surface area contributed by atoms with Crippen molar-refractivity contribution in [2.24, 2.45) is 0 Å². The first-order valence-electron chi connectivity index (χ1n) is 9.13. The maximum absolute atomic E-state index is 13.0. The maximum Gasteiger partial charge on any atom is 0.272 e. The van der Waals surface area contributed by atoms with Crippen LogP contribution in [0.4, 0.5) is 5.00 Å². The largest absolute Gasteiger partial charge is 0.497 e. The summed E-state index contributed by atoms with van der Waals surface area (Å²) in [5.41, 5.74) is 3.19. The third kappa shape index (κ3) is 3.18. The van der Waals surface area contributed by atoms with Crippen LogP contribution in [0.1, 0.15) is 26.8 Å². The van der Waals surface area contributed by atoms with Gasteiger partial charge in [0.2, 0.25) is 0 Å². The van der Waals surface area contributed by atoms with Gasteiger partial charge in [0.05, 0.1) is 25.9 Å². The quantitative estimate of drug-likeness (QED) is 0.529. The Balaban J connectivity index is 1.51. The molecule has 148 valence electrons. The molecule has 0 saturated heterocycles. The molecule has 9 heteroatoms. The molecule has 0 aliphatic carbocycles. The van der Waals surface area contributed by atoms with E-state index in [9.17, 15) is 4.79 Å². The van der Waals surface area contributed by atoms with Crippen LogP contribution in [-0.4, -0.2) is 34.7 Å². The van der Waals surface area contributed by atoms with Crippen molar-refractivity contribution in [3.05, 3.63) is 46.2 Å². The Morgan fingerprint density at radius 3 is 3.03 bits per heavy atom. The highest BCUT2D eigenvalue weighted by atomic mass is 32.1. The van der Waals surface area contributed by atoms with E-state index in [0.717, 1.165) is 39.1 Å². The normalized spacial score (nSPS) is 13.4. The topological polar surface area (TPSA) is 102 Å². The monoisotopic (exact) mass is 410 g/mol. The summed E-state index contributed by atoms with van der Waals surface area (Å²) < 4.78 is 16.2. The Morgan fingerprint density at radius 2 is 2.24 bits per heavy atom. The van der Waals surface area contributed by atoms with Gasteiger partial charge in [-0.25, -0.2) is 0 Å². The van der Waals surface area contributed by atoms with Gasteiger partial charge in [0.15, 0.2) is 5.82 Å². The van der Waals surface area contributed by atoms with E-state index in [1.807, 2.05) is 24.3 Å². The van der Waals surface area contributed by atoms with E-state index in [4.69, 9.17) is 14.0 Å². The number of hydrogen-bond donors (Lipinski definition) is 2. The van der Waals surface area contributed by atoms with Crippen molar-refractivity contribution in [1.29, 1.82) is 0 Å². The molecule has 1 aromatic carbocycles. The Kier molecular flexibility index (Phi) is 4.33. The van der Waals surface area contributed by atoms with Crippen molar-refractivity contribution in [3.63, 3.8) is 0 Å². The van der Waals surface area contributed by atoms with Gasteiger partial charge in [0.25, 0.3) is 11.8 Å². The molecular weight excluding hydrogens is 392 g/mol. The first kappa shape index (κ1) is 17.9. The number of rotatable bonds is 4. The van der Waals surface area contributed by atoms with E-state index in [1.54, 1.807) is 14.0 Å². The first-order valence-corrected chi connectivity index (χ1v) is 9.95. The number of ether oxygens (including phenoxy) is 2. The molecule has 0 bridgehead atoms. The van der Waals surface area contributed by atoms with Gasteiger partial charge < -0.3 is 24.3 Å². The Hall–Kier alpha value is -3.17. The lowest BCUT2D eigenvalue weighted by molar-refractivity contribution is 0.102. The van der Waals surface area contributed by atoms with Crippen LogP contribution in [-0.2, 0) is 17.8 Å². The van der Waals surface area contributed by atoms with Crippen molar-refractivity contribution in [2.45, 2.75) is 20.0 Å². The van der Waals surface area contributed by atoms with Crippen molar-refractivity contribution in [3.8, 4) is 17.2 Å². The third-order valence-corrected chi connectivity index (χ3v) is 5.98. The van der Waals surface area contributed by atoms with E-state index >= 15 is 0 Å². The van der Waals surface area contributed by atoms with E-state index < -0.39 is 0 Å². The summed E-state index contributed by atoms with van der Waals surface area (Å²) in [6, 6.07) is 7.45. The fourth-order valence-electron chi connectivity index (χ4n) is 3.47. The van der Waals surface area contributed by atoms with E-state index in [2.05, 4.69) is 20.4 Å².